The SMILES string of the molecule is CN(C(=O)Cc1ccc(NC(=O)N2CCC(c3nc4ccccc4s3)CC2)cc1)c1ccccc1. The first-order valence-electron chi connectivity index (χ1n) is 11.9. The molecule has 1 saturated heterocycles. The first kappa shape index (κ1) is 23.1. The molecule has 178 valence electrons. The fourth-order valence-corrected chi connectivity index (χ4v) is 5.53. The smallest absolute Gasteiger partial charge is 0.321 e. The molecule has 35 heavy (non-hydrogen) atoms. The summed E-state index contributed by atoms with van der Waals surface area (Å²) >= 11 is 1.76. The number of rotatable bonds is 5. The van der Waals surface area contributed by atoms with Gasteiger partial charge in [-0.1, -0.05) is 42.5 Å². The van der Waals surface area contributed by atoms with E-state index >= 15 is 0 Å². The molecule has 6 nitrogen and oxygen atoms in total. The molecule has 1 fully saturated rings. The van der Waals surface area contributed by atoms with Gasteiger partial charge in [-0.15, -0.1) is 11.3 Å². The average molecular weight is 485 g/mol. The number of likely N-dealkylation sites (N-methyl/N-ethyl adjacent to an activating group) is 1. The van der Waals surface area contributed by atoms with E-state index in [0.29, 0.717) is 25.4 Å². The number of carbonyl (C=O) groups is 2. The molecule has 0 aliphatic carbocycles. The molecule has 4 aromatic rings. The summed E-state index contributed by atoms with van der Waals surface area (Å²) in [6.45, 7) is 1.43. The molecule has 2 heterocycles. The lowest BCUT2D eigenvalue weighted by molar-refractivity contribution is -0.117. The van der Waals surface area contributed by atoms with Crippen LogP contribution in [0.2, 0.25) is 0 Å². The third-order valence-electron chi connectivity index (χ3n) is 6.52. The normalized spacial score (nSPS) is 14.1. The van der Waals surface area contributed by atoms with E-state index in [4.69, 9.17) is 4.98 Å². The predicted molar refractivity (Wildman–Crippen MR) is 142 cm³/mol. The number of amides is 3. The van der Waals surface area contributed by atoms with Gasteiger partial charge in [0.05, 0.1) is 21.6 Å². The summed E-state index contributed by atoms with van der Waals surface area (Å²) in [5.41, 5.74) is 3.57. The Kier molecular flexibility index (Phi) is 6.77. The van der Waals surface area contributed by atoms with Crippen LogP contribution in [0.15, 0.2) is 78.9 Å². The van der Waals surface area contributed by atoms with Crippen molar-refractivity contribution in [3.8, 4) is 0 Å². The fourth-order valence-electron chi connectivity index (χ4n) is 4.39. The maximum absolute atomic E-state index is 12.8. The highest BCUT2D eigenvalue weighted by Gasteiger charge is 2.26. The largest absolute Gasteiger partial charge is 0.324 e. The summed E-state index contributed by atoms with van der Waals surface area (Å²) in [7, 11) is 1.78. The molecule has 0 bridgehead atoms. The first-order valence-corrected chi connectivity index (χ1v) is 12.7. The number of thiazole rings is 1. The number of benzene rings is 3. The zero-order valence-corrected chi connectivity index (χ0v) is 20.5. The quantitative estimate of drug-likeness (QED) is 0.383. The number of nitrogens with one attached hydrogen (secondary N) is 1. The van der Waals surface area contributed by atoms with E-state index in [1.165, 1.54) is 9.71 Å². The lowest BCUT2D eigenvalue weighted by atomic mass is 9.98. The number of urea groups is 1. The van der Waals surface area contributed by atoms with Crippen molar-refractivity contribution in [2.75, 3.05) is 30.4 Å². The van der Waals surface area contributed by atoms with Gasteiger partial charge in [-0.3, -0.25) is 4.79 Å². The summed E-state index contributed by atoms with van der Waals surface area (Å²) in [5, 5.41) is 4.17. The minimum atomic E-state index is -0.0830. The molecule has 1 aliphatic heterocycles. The van der Waals surface area contributed by atoms with Crippen molar-refractivity contribution in [1.29, 1.82) is 0 Å². The van der Waals surface area contributed by atoms with Crippen molar-refractivity contribution in [1.82, 2.24) is 9.88 Å². The van der Waals surface area contributed by atoms with Gasteiger partial charge in [-0.25, -0.2) is 9.78 Å². The van der Waals surface area contributed by atoms with Crippen LogP contribution in [-0.4, -0.2) is 42.0 Å². The van der Waals surface area contributed by atoms with E-state index in [2.05, 4.69) is 17.4 Å². The van der Waals surface area contributed by atoms with Gasteiger partial charge in [0, 0.05) is 37.4 Å². The van der Waals surface area contributed by atoms with Crippen LogP contribution >= 0.6 is 11.3 Å². The average Bonchev–Trinajstić information content (AvgIpc) is 3.34. The van der Waals surface area contributed by atoms with Gasteiger partial charge in [0.25, 0.3) is 0 Å². The Hall–Kier alpha value is -3.71. The number of hydrogen-bond acceptors (Lipinski definition) is 4. The zero-order valence-electron chi connectivity index (χ0n) is 19.7. The van der Waals surface area contributed by atoms with Crippen molar-refractivity contribution in [3.05, 3.63) is 89.4 Å². The molecule has 1 aromatic heterocycles. The lowest BCUT2D eigenvalue weighted by Gasteiger charge is -2.31. The van der Waals surface area contributed by atoms with Crippen molar-refractivity contribution in [3.63, 3.8) is 0 Å². The van der Waals surface area contributed by atoms with Crippen LogP contribution in [-0.2, 0) is 11.2 Å². The Labute approximate surface area is 209 Å². The molecular formula is C28H28N4O2S. The summed E-state index contributed by atoms with van der Waals surface area (Å²) in [6, 6.07) is 25.3. The van der Waals surface area contributed by atoms with E-state index in [1.54, 1.807) is 23.3 Å². The third-order valence-corrected chi connectivity index (χ3v) is 7.72. The van der Waals surface area contributed by atoms with Crippen molar-refractivity contribution < 1.29 is 9.59 Å². The second kappa shape index (κ2) is 10.3. The number of likely N-dealkylation sites (tertiary alicyclic amines) is 1. The second-order valence-corrected chi connectivity index (χ2v) is 9.94. The van der Waals surface area contributed by atoms with E-state index in [9.17, 15) is 9.59 Å². The Morgan fingerprint density at radius 2 is 1.66 bits per heavy atom. The Balaban J connectivity index is 1.12. The Morgan fingerprint density at radius 1 is 0.971 bits per heavy atom. The van der Waals surface area contributed by atoms with Crippen molar-refractivity contribution in [2.24, 2.45) is 0 Å². The summed E-state index contributed by atoms with van der Waals surface area (Å²) in [6.07, 6.45) is 2.14. The molecule has 1 N–H and O–H groups in total. The molecule has 7 heteroatoms. The molecule has 5 rings (SSSR count). The van der Waals surface area contributed by atoms with Gasteiger partial charge in [0.1, 0.15) is 0 Å². The van der Waals surface area contributed by atoms with Gasteiger partial charge in [0.2, 0.25) is 5.91 Å². The second-order valence-electron chi connectivity index (χ2n) is 8.87. The van der Waals surface area contributed by atoms with Crippen LogP contribution < -0.4 is 10.2 Å². The summed E-state index contributed by atoms with van der Waals surface area (Å²) in [5.74, 6) is 0.422. The maximum Gasteiger partial charge on any atom is 0.321 e. The Bertz CT molecular complexity index is 1280. The molecule has 3 aromatic carbocycles. The summed E-state index contributed by atoms with van der Waals surface area (Å²) in [4.78, 5) is 33.7. The van der Waals surface area contributed by atoms with E-state index in [-0.39, 0.29) is 11.9 Å². The topological polar surface area (TPSA) is 65.5 Å². The van der Waals surface area contributed by atoms with Gasteiger partial charge >= 0.3 is 6.03 Å². The minimum Gasteiger partial charge on any atom is -0.324 e. The van der Waals surface area contributed by atoms with Crippen LogP contribution in [0.25, 0.3) is 10.2 Å². The molecule has 0 unspecified atom stereocenters. The first-order chi connectivity index (χ1) is 17.1. The number of anilines is 2. The Morgan fingerprint density at radius 3 is 2.37 bits per heavy atom. The predicted octanol–water partition coefficient (Wildman–Crippen LogP) is 5.91. The lowest BCUT2D eigenvalue weighted by Crippen LogP contribution is -2.40. The van der Waals surface area contributed by atoms with E-state index < -0.39 is 0 Å². The summed E-state index contributed by atoms with van der Waals surface area (Å²) < 4.78 is 1.22. The molecule has 1 aliphatic rings. The zero-order chi connectivity index (χ0) is 24.2. The number of aromatic nitrogens is 1. The van der Waals surface area contributed by atoms with Gasteiger partial charge in [-0.05, 0) is 54.8 Å². The molecule has 0 saturated carbocycles. The van der Waals surface area contributed by atoms with Crippen LogP contribution in [0.4, 0.5) is 16.2 Å². The molecule has 0 atom stereocenters. The number of hydrogen-bond donors (Lipinski definition) is 1. The van der Waals surface area contributed by atoms with Gasteiger partial charge in [-0.2, -0.15) is 0 Å². The number of carbonyl (C=O) groups excluding carboxylic acids is 2. The number of piperidine rings is 1. The van der Waals surface area contributed by atoms with Crippen LogP contribution in [0.5, 0.6) is 0 Å². The number of fused-ring (bicyclic) bond motifs is 1. The molecular weight excluding hydrogens is 456 g/mol. The van der Waals surface area contributed by atoms with E-state index in [0.717, 1.165) is 35.3 Å². The van der Waals surface area contributed by atoms with Gasteiger partial charge < -0.3 is 15.1 Å². The highest BCUT2D eigenvalue weighted by atomic mass is 32.1. The van der Waals surface area contributed by atoms with Crippen molar-refractivity contribution >= 4 is 44.9 Å². The maximum atomic E-state index is 12.8. The highest BCUT2D eigenvalue weighted by molar-refractivity contribution is 7.18. The van der Waals surface area contributed by atoms with Crippen molar-refractivity contribution in [2.45, 2.75) is 25.2 Å². The van der Waals surface area contributed by atoms with Gasteiger partial charge in [0.15, 0.2) is 0 Å². The number of para-hydroxylation sites is 2. The molecule has 0 radical (unpaired) electrons. The van der Waals surface area contributed by atoms with Crippen LogP contribution in [0.1, 0.15) is 29.3 Å². The van der Waals surface area contributed by atoms with Crippen LogP contribution in [0, 0.1) is 0 Å². The number of nitrogens with zero attached hydrogens (tertiary/aromatic N) is 3. The van der Waals surface area contributed by atoms with Crippen LogP contribution in [0.3, 0.4) is 0 Å². The minimum absolute atomic E-state index is 0.0176. The molecule has 3 amide bonds. The fraction of sp³-hybridized carbons (Fsp3) is 0.250. The monoisotopic (exact) mass is 484 g/mol. The molecule has 0 spiro atoms. The highest BCUT2D eigenvalue weighted by Crippen LogP contribution is 2.34. The standard InChI is InChI=1S/C28H28N4O2S/c1-31(23-7-3-2-4-8-23)26(33)19-20-11-13-22(14-12-20)29-28(34)32-17-15-21(16-18-32)27-30-24-9-5-6-10-25(24)35-27/h2-14,21H,15-19H2,1H3,(H,29,34). The van der Waals surface area contributed by atoms with E-state index in [1.807, 2.05) is 71.6 Å². The third kappa shape index (κ3) is 5.35.